The van der Waals surface area contributed by atoms with Gasteiger partial charge in [0, 0.05) is 25.5 Å². The largest absolute Gasteiger partial charge is 0.490 e. The molecule has 2 aromatic carbocycles. The van der Waals surface area contributed by atoms with Crippen molar-refractivity contribution >= 4 is 29.2 Å². The SMILES string of the molecule is CNC(=O)C[C@H]1CC[C@H]2[C@@H](COc3ccc(NC(=O)Nc4ccccc4)cc3C(=O)N2C)O1. The molecule has 2 aromatic rings. The molecule has 4 rings (SSSR count). The van der Waals surface area contributed by atoms with Crippen molar-refractivity contribution in [2.45, 2.75) is 37.5 Å². The molecule has 1 saturated heterocycles. The van der Waals surface area contributed by atoms with Crippen LogP contribution < -0.4 is 20.7 Å². The number of nitrogens with one attached hydrogen (secondary N) is 3. The molecular weight excluding hydrogens is 424 g/mol. The number of benzene rings is 2. The Kier molecular flexibility index (Phi) is 6.79. The van der Waals surface area contributed by atoms with Gasteiger partial charge in [0.2, 0.25) is 5.91 Å². The van der Waals surface area contributed by atoms with Gasteiger partial charge >= 0.3 is 6.03 Å². The summed E-state index contributed by atoms with van der Waals surface area (Å²) >= 11 is 0. The number of nitrogens with zero attached hydrogens (tertiary/aromatic N) is 1. The third-order valence-corrected chi connectivity index (χ3v) is 5.99. The van der Waals surface area contributed by atoms with E-state index in [4.69, 9.17) is 9.47 Å². The zero-order valence-corrected chi connectivity index (χ0v) is 18.7. The van der Waals surface area contributed by atoms with E-state index in [9.17, 15) is 14.4 Å². The van der Waals surface area contributed by atoms with Crippen LogP contribution >= 0.6 is 0 Å². The van der Waals surface area contributed by atoms with Crippen molar-refractivity contribution in [1.29, 1.82) is 0 Å². The second-order valence-electron chi connectivity index (χ2n) is 8.20. The number of para-hydroxylation sites is 1. The summed E-state index contributed by atoms with van der Waals surface area (Å²) < 4.78 is 12.1. The molecule has 3 N–H and O–H groups in total. The van der Waals surface area contributed by atoms with Gasteiger partial charge in [-0.2, -0.15) is 0 Å². The summed E-state index contributed by atoms with van der Waals surface area (Å²) in [6.07, 6.45) is 1.15. The lowest BCUT2D eigenvalue weighted by Gasteiger charge is -2.42. The minimum absolute atomic E-state index is 0.0729. The third kappa shape index (κ3) is 5.25. The Labute approximate surface area is 192 Å². The number of hydrogen-bond acceptors (Lipinski definition) is 5. The van der Waals surface area contributed by atoms with Crippen molar-refractivity contribution in [2.24, 2.45) is 0 Å². The zero-order chi connectivity index (χ0) is 23.4. The molecule has 1 fully saturated rings. The molecule has 9 heteroatoms. The lowest BCUT2D eigenvalue weighted by Crippen LogP contribution is -2.53. The van der Waals surface area contributed by atoms with Gasteiger partial charge < -0.3 is 30.3 Å². The molecule has 174 valence electrons. The number of fused-ring (bicyclic) bond motifs is 2. The molecule has 33 heavy (non-hydrogen) atoms. The summed E-state index contributed by atoms with van der Waals surface area (Å²) in [5.41, 5.74) is 1.52. The summed E-state index contributed by atoms with van der Waals surface area (Å²) in [4.78, 5) is 39.0. The van der Waals surface area contributed by atoms with Gasteiger partial charge in [0.15, 0.2) is 0 Å². The quantitative estimate of drug-likeness (QED) is 0.661. The zero-order valence-electron chi connectivity index (χ0n) is 18.7. The Morgan fingerprint density at radius 3 is 2.58 bits per heavy atom. The number of ether oxygens (including phenoxy) is 2. The smallest absolute Gasteiger partial charge is 0.323 e. The number of carbonyl (C=O) groups is 3. The van der Waals surface area contributed by atoms with E-state index < -0.39 is 6.03 Å². The first-order valence-electron chi connectivity index (χ1n) is 11.0. The molecule has 3 atom stereocenters. The Bertz CT molecular complexity index is 1030. The van der Waals surface area contributed by atoms with Crippen LogP contribution in [0.1, 0.15) is 29.6 Å². The van der Waals surface area contributed by atoms with Crippen LogP contribution in [-0.2, 0) is 9.53 Å². The van der Waals surface area contributed by atoms with Gasteiger partial charge in [0.1, 0.15) is 18.5 Å². The topological polar surface area (TPSA) is 109 Å². The van der Waals surface area contributed by atoms with Crippen molar-refractivity contribution in [2.75, 3.05) is 31.3 Å². The standard InChI is InChI=1S/C24H28N4O5/c1-25-22(29)13-17-9-10-19-21(33-17)14-32-20-11-8-16(12-18(20)23(30)28(19)2)27-24(31)26-15-6-4-3-5-7-15/h3-8,11-12,17,19,21H,9-10,13-14H2,1-2H3,(H,25,29)(H2,26,27,31)/t17-,19+,21-/m1/s1. The summed E-state index contributed by atoms with van der Waals surface area (Å²) in [5, 5.41) is 8.13. The van der Waals surface area contributed by atoms with E-state index in [2.05, 4.69) is 16.0 Å². The fourth-order valence-electron chi connectivity index (χ4n) is 4.23. The first kappa shape index (κ1) is 22.6. The second-order valence-corrected chi connectivity index (χ2v) is 8.20. The van der Waals surface area contributed by atoms with Crippen molar-refractivity contribution in [1.82, 2.24) is 10.2 Å². The summed E-state index contributed by atoms with van der Waals surface area (Å²) in [7, 11) is 3.35. The molecule has 2 aliphatic heterocycles. The van der Waals surface area contributed by atoms with Gasteiger partial charge in [-0.05, 0) is 43.2 Å². The van der Waals surface area contributed by atoms with Crippen molar-refractivity contribution in [3.8, 4) is 5.75 Å². The number of urea groups is 1. The van der Waals surface area contributed by atoms with Gasteiger partial charge in [0.05, 0.1) is 24.1 Å². The predicted molar refractivity (Wildman–Crippen MR) is 123 cm³/mol. The second kappa shape index (κ2) is 9.91. The van der Waals surface area contributed by atoms with Gasteiger partial charge in [-0.15, -0.1) is 0 Å². The first-order chi connectivity index (χ1) is 15.9. The molecule has 9 nitrogen and oxygen atoms in total. The van der Waals surface area contributed by atoms with Crippen LogP contribution in [0.5, 0.6) is 5.75 Å². The number of rotatable bonds is 4. The van der Waals surface area contributed by atoms with E-state index in [1.165, 1.54) is 0 Å². The molecule has 4 amide bonds. The minimum atomic E-state index is -0.406. The Hall–Kier alpha value is -3.59. The lowest BCUT2D eigenvalue weighted by atomic mass is 9.94. The molecule has 2 aliphatic rings. The Morgan fingerprint density at radius 2 is 1.82 bits per heavy atom. The highest BCUT2D eigenvalue weighted by Crippen LogP contribution is 2.32. The monoisotopic (exact) mass is 452 g/mol. The molecule has 0 aromatic heterocycles. The maximum absolute atomic E-state index is 13.3. The normalized spacial score (nSPS) is 22.1. The van der Waals surface area contributed by atoms with Crippen molar-refractivity contribution < 1.29 is 23.9 Å². The average Bonchev–Trinajstić information content (AvgIpc) is 2.82. The lowest BCUT2D eigenvalue weighted by molar-refractivity contribution is -0.133. The maximum Gasteiger partial charge on any atom is 0.323 e. The van der Waals surface area contributed by atoms with Crippen LogP contribution in [0.15, 0.2) is 48.5 Å². The molecule has 0 unspecified atom stereocenters. The third-order valence-electron chi connectivity index (χ3n) is 5.99. The molecule has 0 saturated carbocycles. The molecule has 0 bridgehead atoms. The van der Waals surface area contributed by atoms with E-state index in [0.29, 0.717) is 35.5 Å². The van der Waals surface area contributed by atoms with Gasteiger partial charge in [-0.3, -0.25) is 9.59 Å². The van der Waals surface area contributed by atoms with Crippen molar-refractivity contribution in [3.63, 3.8) is 0 Å². The molecule has 2 heterocycles. The van der Waals surface area contributed by atoms with Crippen LogP contribution in [0.2, 0.25) is 0 Å². The van der Waals surface area contributed by atoms with E-state index in [1.54, 1.807) is 49.3 Å². The highest BCUT2D eigenvalue weighted by molar-refractivity contribution is 6.02. The number of likely N-dealkylation sites (N-methyl/N-ethyl adjacent to an activating group) is 1. The van der Waals surface area contributed by atoms with E-state index in [1.807, 2.05) is 18.2 Å². The molecular formula is C24H28N4O5. The fourth-order valence-corrected chi connectivity index (χ4v) is 4.23. The van der Waals surface area contributed by atoms with Gasteiger partial charge in [-0.25, -0.2) is 4.79 Å². The van der Waals surface area contributed by atoms with E-state index in [0.717, 1.165) is 0 Å². The van der Waals surface area contributed by atoms with Crippen LogP contribution in [-0.4, -0.2) is 61.7 Å². The number of hydrogen-bond donors (Lipinski definition) is 3. The van der Waals surface area contributed by atoms with Crippen LogP contribution in [0.25, 0.3) is 0 Å². The van der Waals surface area contributed by atoms with Gasteiger partial charge in [0.25, 0.3) is 5.91 Å². The Balaban J connectivity index is 1.47. The van der Waals surface area contributed by atoms with Crippen LogP contribution in [0.4, 0.5) is 16.2 Å². The predicted octanol–water partition coefficient (Wildman–Crippen LogP) is 2.85. The van der Waals surface area contributed by atoms with Crippen molar-refractivity contribution in [3.05, 3.63) is 54.1 Å². The van der Waals surface area contributed by atoms with E-state index in [-0.39, 0.29) is 43.1 Å². The maximum atomic E-state index is 13.3. The average molecular weight is 453 g/mol. The van der Waals surface area contributed by atoms with Crippen LogP contribution in [0, 0.1) is 0 Å². The minimum Gasteiger partial charge on any atom is -0.490 e. The molecule has 0 spiro atoms. The summed E-state index contributed by atoms with van der Waals surface area (Å²) in [6.45, 7) is 0.265. The summed E-state index contributed by atoms with van der Waals surface area (Å²) in [5.74, 6) is 0.146. The van der Waals surface area contributed by atoms with E-state index >= 15 is 0 Å². The molecule has 0 radical (unpaired) electrons. The number of carbonyl (C=O) groups excluding carboxylic acids is 3. The molecule has 0 aliphatic carbocycles. The summed E-state index contributed by atoms with van der Waals surface area (Å²) in [6, 6.07) is 13.5. The highest BCUT2D eigenvalue weighted by Gasteiger charge is 2.39. The fraction of sp³-hybridized carbons (Fsp3) is 0.375. The number of anilines is 2. The Morgan fingerprint density at radius 1 is 1.06 bits per heavy atom. The van der Waals surface area contributed by atoms with Gasteiger partial charge in [-0.1, -0.05) is 18.2 Å². The van der Waals surface area contributed by atoms with Crippen LogP contribution in [0.3, 0.4) is 0 Å². The number of amides is 4. The highest BCUT2D eigenvalue weighted by atomic mass is 16.5. The first-order valence-corrected chi connectivity index (χ1v) is 11.0.